The van der Waals surface area contributed by atoms with Gasteiger partial charge in [-0.2, -0.15) is 0 Å². The molecule has 6 nitrogen and oxygen atoms in total. The first-order valence-electron chi connectivity index (χ1n) is 5.65. The van der Waals surface area contributed by atoms with Gasteiger partial charge < -0.3 is 15.7 Å². The zero-order valence-corrected chi connectivity index (χ0v) is 11.4. The van der Waals surface area contributed by atoms with Crippen molar-refractivity contribution in [3.05, 3.63) is 18.2 Å². The lowest BCUT2D eigenvalue weighted by Crippen LogP contribution is -2.29. The zero-order valence-electron chi connectivity index (χ0n) is 10.5. The number of nitrogens with zero attached hydrogens (tertiary/aromatic N) is 1. The zero-order chi connectivity index (χ0) is 13.8. The van der Waals surface area contributed by atoms with E-state index < -0.39 is 10.0 Å². The number of aliphatic hydroxyl groups excluding tert-OH is 1. The molecule has 0 saturated heterocycles. The highest BCUT2D eigenvalue weighted by Crippen LogP contribution is 2.27. The minimum Gasteiger partial charge on any atom is -0.399 e. The van der Waals surface area contributed by atoms with Crippen LogP contribution in [0.15, 0.2) is 23.1 Å². The number of nitrogens with two attached hydrogens (primary N) is 1. The fraction of sp³-hybridized carbons (Fsp3) is 0.455. The molecule has 0 saturated carbocycles. The molecule has 0 atom stereocenters. The molecule has 0 spiro atoms. The SMILES string of the molecule is CCN(CCO)c1ccc(N)cc1S(=O)(=O)NC. The van der Waals surface area contributed by atoms with Gasteiger partial charge in [-0.3, -0.25) is 0 Å². The monoisotopic (exact) mass is 273 g/mol. The average molecular weight is 273 g/mol. The third-order valence-electron chi connectivity index (χ3n) is 2.63. The third kappa shape index (κ3) is 3.12. The molecule has 0 aliphatic heterocycles. The highest BCUT2D eigenvalue weighted by atomic mass is 32.2. The summed E-state index contributed by atoms with van der Waals surface area (Å²) in [6.07, 6.45) is 0. The second kappa shape index (κ2) is 6.03. The predicted octanol–water partition coefficient (Wildman–Crippen LogP) is -0.00450. The molecule has 0 bridgehead atoms. The number of hydrogen-bond acceptors (Lipinski definition) is 5. The first-order valence-corrected chi connectivity index (χ1v) is 7.13. The lowest BCUT2D eigenvalue weighted by molar-refractivity contribution is 0.302. The van der Waals surface area contributed by atoms with Crippen molar-refractivity contribution in [2.45, 2.75) is 11.8 Å². The van der Waals surface area contributed by atoms with Gasteiger partial charge in [-0.15, -0.1) is 0 Å². The maximum atomic E-state index is 11.9. The third-order valence-corrected chi connectivity index (χ3v) is 4.08. The molecular formula is C11H19N3O3S. The number of anilines is 2. The molecule has 0 heterocycles. The Hall–Kier alpha value is -1.31. The van der Waals surface area contributed by atoms with Crippen molar-refractivity contribution in [1.82, 2.24) is 4.72 Å². The Kier molecular flexibility index (Phi) is 4.94. The number of likely N-dealkylation sites (N-methyl/N-ethyl adjacent to an activating group) is 1. The fourth-order valence-electron chi connectivity index (χ4n) is 1.69. The van der Waals surface area contributed by atoms with E-state index in [1.54, 1.807) is 17.0 Å². The summed E-state index contributed by atoms with van der Waals surface area (Å²) in [7, 11) is -2.23. The molecule has 0 aliphatic rings. The number of nitrogen functional groups attached to an aromatic ring is 1. The van der Waals surface area contributed by atoms with E-state index in [1.165, 1.54) is 13.1 Å². The van der Waals surface area contributed by atoms with E-state index in [1.807, 2.05) is 6.92 Å². The number of hydrogen-bond donors (Lipinski definition) is 3. The molecule has 102 valence electrons. The molecule has 1 rings (SSSR count). The number of sulfonamides is 1. The molecule has 0 amide bonds. The first-order chi connectivity index (χ1) is 8.46. The molecule has 1 aromatic carbocycles. The van der Waals surface area contributed by atoms with Gasteiger partial charge in [-0.05, 0) is 32.2 Å². The van der Waals surface area contributed by atoms with Crippen LogP contribution in [0.2, 0.25) is 0 Å². The van der Waals surface area contributed by atoms with Gasteiger partial charge in [0, 0.05) is 18.8 Å². The maximum absolute atomic E-state index is 11.9. The number of aliphatic hydroxyl groups is 1. The normalized spacial score (nSPS) is 11.5. The van der Waals surface area contributed by atoms with E-state index in [9.17, 15) is 8.42 Å². The summed E-state index contributed by atoms with van der Waals surface area (Å²) >= 11 is 0. The first kappa shape index (κ1) is 14.7. The van der Waals surface area contributed by atoms with Crippen molar-refractivity contribution < 1.29 is 13.5 Å². The Morgan fingerprint density at radius 2 is 2.11 bits per heavy atom. The maximum Gasteiger partial charge on any atom is 0.242 e. The van der Waals surface area contributed by atoms with Crippen LogP contribution in [-0.4, -0.2) is 40.3 Å². The Labute approximate surface area is 107 Å². The van der Waals surface area contributed by atoms with E-state index in [4.69, 9.17) is 10.8 Å². The summed E-state index contributed by atoms with van der Waals surface area (Å²) in [6, 6.07) is 4.71. The van der Waals surface area contributed by atoms with Crippen LogP contribution in [0.3, 0.4) is 0 Å². The van der Waals surface area contributed by atoms with E-state index in [0.717, 1.165) is 0 Å². The lowest BCUT2D eigenvalue weighted by atomic mass is 10.2. The minimum absolute atomic E-state index is 0.0444. The van der Waals surface area contributed by atoms with Gasteiger partial charge in [-0.25, -0.2) is 13.1 Å². The van der Waals surface area contributed by atoms with E-state index >= 15 is 0 Å². The Bertz CT molecular complexity index is 502. The minimum atomic E-state index is -3.58. The molecule has 18 heavy (non-hydrogen) atoms. The molecule has 0 aromatic heterocycles. The second-order valence-electron chi connectivity index (χ2n) is 3.74. The van der Waals surface area contributed by atoms with Gasteiger partial charge in [-0.1, -0.05) is 0 Å². The van der Waals surface area contributed by atoms with Crippen LogP contribution >= 0.6 is 0 Å². The van der Waals surface area contributed by atoms with Crippen LogP contribution in [0.1, 0.15) is 6.92 Å². The lowest BCUT2D eigenvalue weighted by Gasteiger charge is -2.24. The summed E-state index contributed by atoms with van der Waals surface area (Å²) in [6.45, 7) is 2.81. The van der Waals surface area contributed by atoms with Crippen LogP contribution < -0.4 is 15.4 Å². The van der Waals surface area contributed by atoms with Crippen LogP contribution in [0.5, 0.6) is 0 Å². The summed E-state index contributed by atoms with van der Waals surface area (Å²) < 4.78 is 26.2. The van der Waals surface area contributed by atoms with Gasteiger partial charge >= 0.3 is 0 Å². The van der Waals surface area contributed by atoms with Crippen molar-refractivity contribution >= 4 is 21.4 Å². The van der Waals surface area contributed by atoms with Crippen molar-refractivity contribution in [2.24, 2.45) is 0 Å². The van der Waals surface area contributed by atoms with Crippen LogP contribution in [0, 0.1) is 0 Å². The Balaban J connectivity index is 3.35. The van der Waals surface area contributed by atoms with Crippen molar-refractivity contribution in [2.75, 3.05) is 37.4 Å². The van der Waals surface area contributed by atoms with Crippen molar-refractivity contribution in [3.8, 4) is 0 Å². The Morgan fingerprint density at radius 1 is 1.44 bits per heavy atom. The van der Waals surface area contributed by atoms with Gasteiger partial charge in [0.1, 0.15) is 4.90 Å². The van der Waals surface area contributed by atoms with Crippen molar-refractivity contribution in [1.29, 1.82) is 0 Å². The second-order valence-corrected chi connectivity index (χ2v) is 5.59. The number of rotatable bonds is 6. The molecule has 4 N–H and O–H groups in total. The number of nitrogens with one attached hydrogen (secondary N) is 1. The smallest absolute Gasteiger partial charge is 0.242 e. The highest BCUT2D eigenvalue weighted by molar-refractivity contribution is 7.89. The molecule has 7 heteroatoms. The molecule has 1 aromatic rings. The topological polar surface area (TPSA) is 95.7 Å². The van der Waals surface area contributed by atoms with E-state index in [0.29, 0.717) is 24.5 Å². The van der Waals surface area contributed by atoms with Gasteiger partial charge in [0.05, 0.1) is 12.3 Å². The molecular weight excluding hydrogens is 254 g/mol. The average Bonchev–Trinajstić information content (AvgIpc) is 2.36. The molecule has 0 unspecified atom stereocenters. The quantitative estimate of drug-likeness (QED) is 0.634. The number of benzene rings is 1. The van der Waals surface area contributed by atoms with Crippen LogP contribution in [0.25, 0.3) is 0 Å². The summed E-state index contributed by atoms with van der Waals surface area (Å²) in [5.74, 6) is 0. The standard InChI is InChI=1S/C11H19N3O3S/c1-3-14(6-7-15)10-5-4-9(12)8-11(10)18(16,17)13-2/h4-5,8,13,15H,3,6-7,12H2,1-2H3. The van der Waals surface area contributed by atoms with Crippen molar-refractivity contribution in [3.63, 3.8) is 0 Å². The van der Waals surface area contributed by atoms with Crippen LogP contribution in [0.4, 0.5) is 11.4 Å². The van der Waals surface area contributed by atoms with Gasteiger partial charge in [0.25, 0.3) is 0 Å². The predicted molar refractivity (Wildman–Crippen MR) is 72.1 cm³/mol. The largest absolute Gasteiger partial charge is 0.399 e. The summed E-state index contributed by atoms with van der Waals surface area (Å²) in [4.78, 5) is 1.91. The molecule has 0 aliphatic carbocycles. The fourth-order valence-corrected chi connectivity index (χ4v) is 2.67. The highest BCUT2D eigenvalue weighted by Gasteiger charge is 2.20. The van der Waals surface area contributed by atoms with Crippen LogP contribution in [-0.2, 0) is 10.0 Å². The molecule has 0 radical (unpaired) electrons. The summed E-state index contributed by atoms with van der Waals surface area (Å²) in [5.41, 5.74) is 6.55. The Morgan fingerprint density at radius 3 is 2.61 bits per heavy atom. The van der Waals surface area contributed by atoms with Gasteiger partial charge in [0.2, 0.25) is 10.0 Å². The van der Waals surface area contributed by atoms with Gasteiger partial charge in [0.15, 0.2) is 0 Å². The van der Waals surface area contributed by atoms with E-state index in [-0.39, 0.29) is 11.5 Å². The van der Waals surface area contributed by atoms with E-state index in [2.05, 4.69) is 4.72 Å². The summed E-state index contributed by atoms with van der Waals surface area (Å²) in [5, 5.41) is 9.00. The molecule has 0 fully saturated rings.